The number of rotatable bonds is 14. The van der Waals surface area contributed by atoms with E-state index in [0.717, 1.165) is 38.5 Å². The average Bonchev–Trinajstić information content (AvgIpc) is 2.64. The molecule has 1 saturated heterocycles. The maximum absolute atomic E-state index is 10.2. The highest BCUT2D eigenvalue weighted by molar-refractivity contribution is 4.89. The van der Waals surface area contributed by atoms with Gasteiger partial charge < -0.3 is 29.9 Å². The third-order valence-electron chi connectivity index (χ3n) is 5.18. The molecule has 6 nitrogen and oxygen atoms in total. The Balaban J connectivity index is 2.54. The van der Waals surface area contributed by atoms with Gasteiger partial charge in [0.05, 0.1) is 12.7 Å². The van der Waals surface area contributed by atoms with E-state index in [2.05, 4.69) is 13.8 Å². The van der Waals surface area contributed by atoms with E-state index in [-0.39, 0.29) is 6.10 Å². The van der Waals surface area contributed by atoms with Crippen LogP contribution in [0.15, 0.2) is 0 Å². The Hall–Kier alpha value is -0.240. The minimum Gasteiger partial charge on any atom is -0.394 e. The van der Waals surface area contributed by atoms with Gasteiger partial charge in [-0.3, -0.25) is 0 Å². The molecule has 1 aliphatic heterocycles. The molecule has 6 heteroatoms. The SMILES string of the molecule is CCCCCCCC(CCCCCC)OC1O[C@H](CO)[C@@H](O)[C@H](O)[C@H]1O. The lowest BCUT2D eigenvalue weighted by molar-refractivity contribution is -0.312. The minimum absolute atomic E-state index is 0.0464. The Morgan fingerprint density at radius 2 is 1.31 bits per heavy atom. The van der Waals surface area contributed by atoms with Crippen molar-refractivity contribution in [3.63, 3.8) is 0 Å². The van der Waals surface area contributed by atoms with Crippen LogP contribution < -0.4 is 0 Å². The van der Waals surface area contributed by atoms with E-state index in [1.807, 2.05) is 0 Å². The molecule has 0 radical (unpaired) electrons. The van der Waals surface area contributed by atoms with Crippen molar-refractivity contribution in [1.82, 2.24) is 0 Å². The summed E-state index contributed by atoms with van der Waals surface area (Å²) in [7, 11) is 0. The van der Waals surface area contributed by atoms with Crippen molar-refractivity contribution >= 4 is 0 Å². The second kappa shape index (κ2) is 13.9. The number of hydrogen-bond donors (Lipinski definition) is 4. The highest BCUT2D eigenvalue weighted by atomic mass is 16.7. The lowest BCUT2D eigenvalue weighted by Crippen LogP contribution is -2.59. The second-order valence-electron chi connectivity index (χ2n) is 7.51. The van der Waals surface area contributed by atoms with Crippen LogP contribution in [0.2, 0.25) is 0 Å². The van der Waals surface area contributed by atoms with E-state index >= 15 is 0 Å². The molecule has 2 unspecified atom stereocenters. The Labute approximate surface area is 158 Å². The van der Waals surface area contributed by atoms with Gasteiger partial charge in [0.15, 0.2) is 6.29 Å². The van der Waals surface area contributed by atoms with Crippen LogP contribution in [0.25, 0.3) is 0 Å². The lowest BCUT2D eigenvalue weighted by atomic mass is 9.98. The fourth-order valence-electron chi connectivity index (χ4n) is 3.42. The molecule has 0 aromatic rings. The topological polar surface area (TPSA) is 99.4 Å². The summed E-state index contributed by atoms with van der Waals surface area (Å²) in [6.07, 6.45) is 6.27. The Kier molecular flexibility index (Phi) is 12.7. The van der Waals surface area contributed by atoms with Crippen LogP contribution in [0.5, 0.6) is 0 Å². The molecule has 0 spiro atoms. The van der Waals surface area contributed by atoms with Gasteiger partial charge in [-0.05, 0) is 12.8 Å². The van der Waals surface area contributed by atoms with Crippen LogP contribution in [0, 0.1) is 0 Å². The highest BCUT2D eigenvalue weighted by Gasteiger charge is 2.44. The minimum atomic E-state index is -1.38. The van der Waals surface area contributed by atoms with E-state index in [1.165, 1.54) is 32.1 Å². The van der Waals surface area contributed by atoms with E-state index in [4.69, 9.17) is 9.47 Å². The zero-order valence-corrected chi connectivity index (χ0v) is 16.6. The van der Waals surface area contributed by atoms with Crippen LogP contribution >= 0.6 is 0 Å². The molecular weight excluding hydrogens is 336 g/mol. The Morgan fingerprint density at radius 3 is 1.85 bits per heavy atom. The van der Waals surface area contributed by atoms with Crippen LogP contribution in [0.3, 0.4) is 0 Å². The predicted molar refractivity (Wildman–Crippen MR) is 101 cm³/mol. The zero-order valence-electron chi connectivity index (χ0n) is 16.6. The highest BCUT2D eigenvalue weighted by Crippen LogP contribution is 2.25. The van der Waals surface area contributed by atoms with Gasteiger partial charge in [0, 0.05) is 0 Å². The molecule has 0 aliphatic carbocycles. The first-order valence-electron chi connectivity index (χ1n) is 10.5. The maximum Gasteiger partial charge on any atom is 0.186 e. The fourth-order valence-corrected chi connectivity index (χ4v) is 3.42. The second-order valence-corrected chi connectivity index (χ2v) is 7.51. The predicted octanol–water partition coefficient (Wildman–Crippen LogP) is 2.50. The molecule has 156 valence electrons. The summed E-state index contributed by atoms with van der Waals surface area (Å²) >= 11 is 0. The lowest BCUT2D eigenvalue weighted by Gasteiger charge is -2.41. The number of aliphatic hydroxyl groups excluding tert-OH is 4. The van der Waals surface area contributed by atoms with E-state index in [9.17, 15) is 20.4 Å². The van der Waals surface area contributed by atoms with Crippen molar-refractivity contribution in [3.8, 4) is 0 Å². The molecule has 26 heavy (non-hydrogen) atoms. The standard InChI is InChI=1S/C20H40O6/c1-3-5-7-9-11-13-15(12-10-8-6-4-2)25-20-19(24)18(23)17(22)16(14-21)26-20/h15-24H,3-14H2,1-2H3/t15?,16-,17-,18+,19-,20?/m1/s1. The van der Waals surface area contributed by atoms with Crippen LogP contribution in [-0.4, -0.2) is 63.8 Å². The van der Waals surface area contributed by atoms with E-state index < -0.39 is 37.3 Å². The Morgan fingerprint density at radius 1 is 0.769 bits per heavy atom. The summed E-state index contributed by atoms with van der Waals surface area (Å²) in [4.78, 5) is 0. The van der Waals surface area contributed by atoms with Crippen LogP contribution in [-0.2, 0) is 9.47 Å². The summed E-state index contributed by atoms with van der Waals surface area (Å²) in [5.74, 6) is 0. The molecule has 1 heterocycles. The van der Waals surface area contributed by atoms with Gasteiger partial charge >= 0.3 is 0 Å². The molecule has 0 aromatic heterocycles. The third kappa shape index (κ3) is 8.19. The maximum atomic E-state index is 10.2. The third-order valence-corrected chi connectivity index (χ3v) is 5.18. The molecule has 0 saturated carbocycles. The van der Waals surface area contributed by atoms with Gasteiger partial charge in [0.25, 0.3) is 0 Å². The van der Waals surface area contributed by atoms with Gasteiger partial charge in [-0.15, -0.1) is 0 Å². The smallest absolute Gasteiger partial charge is 0.186 e. The number of hydrogen-bond acceptors (Lipinski definition) is 6. The van der Waals surface area contributed by atoms with Crippen molar-refractivity contribution in [2.24, 2.45) is 0 Å². The molecule has 6 atom stereocenters. The van der Waals surface area contributed by atoms with E-state index in [0.29, 0.717) is 0 Å². The zero-order chi connectivity index (χ0) is 19.4. The normalized spacial score (nSPS) is 30.5. The van der Waals surface area contributed by atoms with Crippen molar-refractivity contribution in [2.75, 3.05) is 6.61 Å². The quantitative estimate of drug-likeness (QED) is 0.348. The van der Waals surface area contributed by atoms with E-state index in [1.54, 1.807) is 0 Å². The van der Waals surface area contributed by atoms with Gasteiger partial charge in [-0.25, -0.2) is 0 Å². The molecular formula is C20H40O6. The van der Waals surface area contributed by atoms with Crippen molar-refractivity contribution in [3.05, 3.63) is 0 Å². The summed E-state index contributed by atoms with van der Waals surface area (Å²) in [5.41, 5.74) is 0. The van der Waals surface area contributed by atoms with Gasteiger partial charge in [-0.1, -0.05) is 71.6 Å². The molecule has 0 amide bonds. The molecule has 4 N–H and O–H groups in total. The molecule has 1 rings (SSSR count). The molecule has 1 fully saturated rings. The number of aliphatic hydroxyl groups is 4. The van der Waals surface area contributed by atoms with Crippen LogP contribution in [0.4, 0.5) is 0 Å². The summed E-state index contributed by atoms with van der Waals surface area (Å²) in [6, 6.07) is 0. The summed E-state index contributed by atoms with van der Waals surface area (Å²) in [6.45, 7) is 3.94. The summed E-state index contributed by atoms with van der Waals surface area (Å²) < 4.78 is 11.5. The fraction of sp³-hybridized carbons (Fsp3) is 1.00. The first-order chi connectivity index (χ1) is 12.5. The number of ether oxygens (including phenoxy) is 2. The molecule has 0 bridgehead atoms. The van der Waals surface area contributed by atoms with Crippen LogP contribution in [0.1, 0.15) is 84.5 Å². The monoisotopic (exact) mass is 376 g/mol. The van der Waals surface area contributed by atoms with Gasteiger partial charge in [0.1, 0.15) is 24.4 Å². The Bertz CT molecular complexity index is 338. The summed E-state index contributed by atoms with van der Waals surface area (Å²) in [5, 5.41) is 39.3. The van der Waals surface area contributed by atoms with Gasteiger partial charge in [0.2, 0.25) is 0 Å². The largest absolute Gasteiger partial charge is 0.394 e. The van der Waals surface area contributed by atoms with Crippen molar-refractivity contribution in [1.29, 1.82) is 0 Å². The van der Waals surface area contributed by atoms with Crippen molar-refractivity contribution < 1.29 is 29.9 Å². The first-order valence-corrected chi connectivity index (χ1v) is 10.5. The van der Waals surface area contributed by atoms with Gasteiger partial charge in [-0.2, -0.15) is 0 Å². The average molecular weight is 377 g/mol. The molecule has 1 aliphatic rings. The molecule has 0 aromatic carbocycles. The van der Waals surface area contributed by atoms with Crippen molar-refractivity contribution in [2.45, 2.75) is 121 Å². The first kappa shape index (κ1) is 23.8. The number of unbranched alkanes of at least 4 members (excludes halogenated alkanes) is 7.